The van der Waals surface area contributed by atoms with Gasteiger partial charge >= 0.3 is 0 Å². The van der Waals surface area contributed by atoms with E-state index in [9.17, 15) is 4.79 Å². The highest BCUT2D eigenvalue weighted by molar-refractivity contribution is 6.03. The van der Waals surface area contributed by atoms with Crippen LogP contribution in [0.25, 0.3) is 11.0 Å². The highest BCUT2D eigenvalue weighted by Crippen LogP contribution is 2.16. The second-order valence-corrected chi connectivity index (χ2v) is 6.05. The van der Waals surface area contributed by atoms with E-state index in [0.29, 0.717) is 24.4 Å². The van der Waals surface area contributed by atoms with Crippen LogP contribution >= 0.6 is 0 Å². The van der Waals surface area contributed by atoms with Crippen molar-refractivity contribution in [1.29, 1.82) is 0 Å². The number of nitrogens with one attached hydrogen (secondary N) is 2. The van der Waals surface area contributed by atoms with Crippen molar-refractivity contribution in [3.8, 4) is 0 Å². The summed E-state index contributed by atoms with van der Waals surface area (Å²) in [6.07, 6.45) is 4.13. The van der Waals surface area contributed by atoms with Gasteiger partial charge in [0, 0.05) is 31.9 Å². The summed E-state index contributed by atoms with van der Waals surface area (Å²) in [6, 6.07) is 12.5. The van der Waals surface area contributed by atoms with E-state index in [1.807, 2.05) is 29.2 Å². The van der Waals surface area contributed by atoms with Gasteiger partial charge < -0.3 is 15.2 Å². The van der Waals surface area contributed by atoms with Gasteiger partial charge in [-0.2, -0.15) is 0 Å². The topological polar surface area (TPSA) is 73.9 Å². The maximum absolute atomic E-state index is 12.9. The van der Waals surface area contributed by atoms with E-state index < -0.39 is 0 Å². The number of fused-ring (bicyclic) bond motifs is 1. The molecule has 1 aliphatic heterocycles. The number of hydrogen-bond acceptors (Lipinski definition) is 4. The van der Waals surface area contributed by atoms with E-state index in [-0.39, 0.29) is 11.9 Å². The first kappa shape index (κ1) is 14.8. The summed E-state index contributed by atoms with van der Waals surface area (Å²) in [5.74, 6) is -0.0263. The lowest BCUT2D eigenvalue weighted by Crippen LogP contribution is -2.53. The molecule has 1 saturated heterocycles. The lowest BCUT2D eigenvalue weighted by Gasteiger charge is -2.33. The van der Waals surface area contributed by atoms with Crippen molar-refractivity contribution in [3.05, 3.63) is 60.2 Å². The molecular formula is C18H19N5O. The summed E-state index contributed by atoms with van der Waals surface area (Å²) >= 11 is 0. The molecule has 4 rings (SSSR count). The molecular weight excluding hydrogens is 302 g/mol. The number of hydrogen-bond donors (Lipinski definition) is 2. The van der Waals surface area contributed by atoms with Crippen molar-refractivity contribution in [2.45, 2.75) is 12.5 Å². The van der Waals surface area contributed by atoms with Gasteiger partial charge in [0.15, 0.2) is 0 Å². The normalized spacial score (nSPS) is 18.0. The Labute approximate surface area is 139 Å². The van der Waals surface area contributed by atoms with Crippen LogP contribution in [0.2, 0.25) is 0 Å². The summed E-state index contributed by atoms with van der Waals surface area (Å²) in [7, 11) is 0. The molecule has 122 valence electrons. The lowest BCUT2D eigenvalue weighted by atomic mass is 10.0. The van der Waals surface area contributed by atoms with Crippen molar-refractivity contribution in [1.82, 2.24) is 25.2 Å². The Hall–Kier alpha value is -2.73. The molecule has 0 saturated carbocycles. The fourth-order valence-corrected chi connectivity index (χ4v) is 3.24. The van der Waals surface area contributed by atoms with Crippen molar-refractivity contribution in [3.63, 3.8) is 0 Å². The van der Waals surface area contributed by atoms with Crippen LogP contribution in [0.5, 0.6) is 0 Å². The summed E-state index contributed by atoms with van der Waals surface area (Å²) in [5, 5.41) is 4.28. The van der Waals surface area contributed by atoms with Crippen LogP contribution in [0.1, 0.15) is 16.1 Å². The van der Waals surface area contributed by atoms with Gasteiger partial charge in [-0.15, -0.1) is 0 Å². The van der Waals surface area contributed by atoms with E-state index in [1.165, 1.54) is 11.9 Å². The van der Waals surface area contributed by atoms with E-state index in [2.05, 4.69) is 32.4 Å². The Morgan fingerprint density at radius 1 is 1.21 bits per heavy atom. The molecule has 0 bridgehead atoms. The quantitative estimate of drug-likeness (QED) is 0.769. The van der Waals surface area contributed by atoms with Crippen molar-refractivity contribution in [2.24, 2.45) is 0 Å². The number of carbonyl (C=O) groups is 1. The summed E-state index contributed by atoms with van der Waals surface area (Å²) in [4.78, 5) is 26.2. The minimum absolute atomic E-state index is 0.0263. The monoisotopic (exact) mass is 321 g/mol. The van der Waals surface area contributed by atoms with Gasteiger partial charge in [0.2, 0.25) is 0 Å². The Morgan fingerprint density at radius 3 is 2.96 bits per heavy atom. The number of nitrogens with zero attached hydrogens (tertiary/aromatic N) is 3. The molecule has 3 aromatic rings. The zero-order chi connectivity index (χ0) is 16.4. The Kier molecular flexibility index (Phi) is 3.96. The SMILES string of the molecule is O=C(c1ncnc2[nH]ccc12)N1CCNC(Cc2ccccc2)C1. The van der Waals surface area contributed by atoms with Gasteiger partial charge in [0.1, 0.15) is 17.7 Å². The predicted molar refractivity (Wildman–Crippen MR) is 91.7 cm³/mol. The van der Waals surface area contributed by atoms with E-state index in [0.717, 1.165) is 18.4 Å². The van der Waals surface area contributed by atoms with Gasteiger partial charge in [-0.1, -0.05) is 30.3 Å². The molecule has 1 atom stereocenters. The fraction of sp³-hybridized carbons (Fsp3) is 0.278. The molecule has 1 amide bonds. The Bertz CT molecular complexity index is 845. The summed E-state index contributed by atoms with van der Waals surface area (Å²) in [6.45, 7) is 2.17. The minimum Gasteiger partial charge on any atom is -0.346 e. The molecule has 1 aromatic carbocycles. The third-order valence-corrected chi connectivity index (χ3v) is 4.42. The maximum atomic E-state index is 12.9. The number of piperazine rings is 1. The standard InChI is InChI=1S/C18H19N5O/c24-18(16-15-6-7-20-17(15)22-12-21-16)23-9-8-19-14(11-23)10-13-4-2-1-3-5-13/h1-7,12,14,19H,8-11H2,(H,20,21,22). The number of carbonyl (C=O) groups excluding carboxylic acids is 1. The fourth-order valence-electron chi connectivity index (χ4n) is 3.24. The first-order valence-electron chi connectivity index (χ1n) is 8.16. The first-order chi connectivity index (χ1) is 11.8. The van der Waals surface area contributed by atoms with Gasteiger partial charge in [-0.25, -0.2) is 9.97 Å². The molecule has 1 fully saturated rings. The Morgan fingerprint density at radius 2 is 2.08 bits per heavy atom. The highest BCUT2D eigenvalue weighted by atomic mass is 16.2. The number of benzene rings is 1. The summed E-state index contributed by atoms with van der Waals surface area (Å²) in [5.41, 5.74) is 2.45. The molecule has 3 heterocycles. The van der Waals surface area contributed by atoms with Crippen molar-refractivity contribution >= 4 is 16.9 Å². The van der Waals surface area contributed by atoms with Crippen LogP contribution in [0.4, 0.5) is 0 Å². The number of aromatic nitrogens is 3. The van der Waals surface area contributed by atoms with Gasteiger partial charge in [0.05, 0.1) is 5.39 Å². The molecule has 6 nitrogen and oxygen atoms in total. The van der Waals surface area contributed by atoms with Crippen LogP contribution in [0.15, 0.2) is 48.9 Å². The third-order valence-electron chi connectivity index (χ3n) is 4.42. The molecule has 2 aromatic heterocycles. The van der Waals surface area contributed by atoms with Crippen LogP contribution < -0.4 is 5.32 Å². The average molecular weight is 321 g/mol. The minimum atomic E-state index is -0.0263. The zero-order valence-electron chi connectivity index (χ0n) is 13.3. The number of amides is 1. The van der Waals surface area contributed by atoms with Crippen molar-refractivity contribution < 1.29 is 4.79 Å². The summed E-state index contributed by atoms with van der Waals surface area (Å²) < 4.78 is 0. The van der Waals surface area contributed by atoms with E-state index in [1.54, 1.807) is 6.20 Å². The molecule has 1 unspecified atom stereocenters. The molecule has 0 radical (unpaired) electrons. The lowest BCUT2D eigenvalue weighted by molar-refractivity contribution is 0.0699. The van der Waals surface area contributed by atoms with Crippen LogP contribution in [0.3, 0.4) is 0 Å². The smallest absolute Gasteiger partial charge is 0.273 e. The average Bonchev–Trinajstić information content (AvgIpc) is 3.11. The van der Waals surface area contributed by atoms with E-state index in [4.69, 9.17) is 0 Å². The highest BCUT2D eigenvalue weighted by Gasteiger charge is 2.26. The molecule has 0 spiro atoms. The second kappa shape index (κ2) is 6.41. The molecule has 0 aliphatic carbocycles. The maximum Gasteiger partial charge on any atom is 0.273 e. The van der Waals surface area contributed by atoms with Gasteiger partial charge in [0.25, 0.3) is 5.91 Å². The third kappa shape index (κ3) is 2.88. The van der Waals surface area contributed by atoms with Crippen LogP contribution in [0, 0.1) is 0 Å². The van der Waals surface area contributed by atoms with Gasteiger partial charge in [-0.05, 0) is 18.1 Å². The molecule has 6 heteroatoms. The predicted octanol–water partition coefficient (Wildman–Crippen LogP) is 1.61. The zero-order valence-corrected chi connectivity index (χ0v) is 13.3. The van der Waals surface area contributed by atoms with Crippen LogP contribution in [-0.4, -0.2) is 51.4 Å². The van der Waals surface area contributed by atoms with Gasteiger partial charge in [-0.3, -0.25) is 4.79 Å². The molecule has 1 aliphatic rings. The first-order valence-corrected chi connectivity index (χ1v) is 8.16. The number of H-pyrrole nitrogens is 1. The molecule has 2 N–H and O–H groups in total. The van der Waals surface area contributed by atoms with Crippen LogP contribution in [-0.2, 0) is 6.42 Å². The number of rotatable bonds is 3. The Balaban J connectivity index is 1.51. The van der Waals surface area contributed by atoms with E-state index >= 15 is 0 Å². The second-order valence-electron chi connectivity index (χ2n) is 6.05. The number of aromatic amines is 1. The molecule has 24 heavy (non-hydrogen) atoms. The largest absolute Gasteiger partial charge is 0.346 e. The van der Waals surface area contributed by atoms with Crippen molar-refractivity contribution in [2.75, 3.05) is 19.6 Å².